The maximum Gasteiger partial charge on any atom is 0.124 e. The fraction of sp³-hybridized carbons (Fsp3) is 0.167. The van der Waals surface area contributed by atoms with Crippen LogP contribution in [0, 0.1) is 5.41 Å². The molecule has 1 aromatic carbocycles. The molecule has 0 saturated heterocycles. The highest BCUT2D eigenvalue weighted by Crippen LogP contribution is 2.22. The van der Waals surface area contributed by atoms with Gasteiger partial charge < -0.3 is 10.5 Å². The number of nitrogens with one attached hydrogen (secondary N) is 1. The third-order valence-electron chi connectivity index (χ3n) is 2.39. The summed E-state index contributed by atoms with van der Waals surface area (Å²) >= 11 is 5.99. The summed E-state index contributed by atoms with van der Waals surface area (Å²) in [7, 11) is 1.85. The SMILES string of the molecule is Cn1cc(COc2ccc(C(=N)N)c(Cl)c2)cn1. The minimum atomic E-state index is -0.0567. The van der Waals surface area contributed by atoms with Gasteiger partial charge in [-0.2, -0.15) is 5.10 Å². The fourth-order valence-electron chi connectivity index (χ4n) is 1.52. The highest BCUT2D eigenvalue weighted by atomic mass is 35.5. The summed E-state index contributed by atoms with van der Waals surface area (Å²) < 4.78 is 7.28. The molecule has 3 N–H and O–H groups in total. The molecular formula is C12H13ClN4O. The molecule has 2 aromatic rings. The van der Waals surface area contributed by atoms with Crippen LogP contribution >= 0.6 is 11.6 Å². The van der Waals surface area contributed by atoms with Gasteiger partial charge in [0.05, 0.1) is 11.2 Å². The van der Waals surface area contributed by atoms with Crippen molar-refractivity contribution < 1.29 is 4.74 Å². The van der Waals surface area contributed by atoms with Gasteiger partial charge in [-0.3, -0.25) is 10.1 Å². The first-order chi connectivity index (χ1) is 8.56. The minimum Gasteiger partial charge on any atom is -0.489 e. The molecule has 1 aromatic heterocycles. The van der Waals surface area contributed by atoms with E-state index in [2.05, 4.69) is 5.10 Å². The maximum atomic E-state index is 7.33. The number of nitrogen functional groups attached to an aromatic ring is 1. The van der Waals surface area contributed by atoms with Gasteiger partial charge in [0.2, 0.25) is 0 Å². The van der Waals surface area contributed by atoms with Crippen molar-refractivity contribution in [3.63, 3.8) is 0 Å². The number of halogens is 1. The number of aryl methyl sites for hydroxylation is 1. The lowest BCUT2D eigenvalue weighted by Gasteiger charge is -2.07. The van der Waals surface area contributed by atoms with E-state index in [-0.39, 0.29) is 5.84 Å². The lowest BCUT2D eigenvalue weighted by molar-refractivity contribution is 0.306. The number of benzene rings is 1. The Bertz CT molecular complexity index is 579. The van der Waals surface area contributed by atoms with Gasteiger partial charge in [-0.15, -0.1) is 0 Å². The Balaban J connectivity index is 2.06. The Kier molecular flexibility index (Phi) is 3.53. The van der Waals surface area contributed by atoms with Crippen LogP contribution in [0.5, 0.6) is 5.75 Å². The van der Waals surface area contributed by atoms with Crippen molar-refractivity contribution in [3.8, 4) is 5.75 Å². The number of nitrogens with two attached hydrogens (primary N) is 1. The molecule has 5 nitrogen and oxygen atoms in total. The van der Waals surface area contributed by atoms with Crippen molar-refractivity contribution in [2.75, 3.05) is 0 Å². The maximum absolute atomic E-state index is 7.33. The standard InChI is InChI=1S/C12H13ClN4O/c1-17-6-8(5-16-17)7-18-9-2-3-10(12(14)15)11(13)4-9/h2-6H,7H2,1H3,(H3,14,15). The smallest absolute Gasteiger partial charge is 0.124 e. The molecule has 0 fully saturated rings. The molecule has 0 aliphatic heterocycles. The lowest BCUT2D eigenvalue weighted by atomic mass is 10.2. The topological polar surface area (TPSA) is 76.9 Å². The van der Waals surface area contributed by atoms with E-state index in [1.165, 1.54) is 0 Å². The first kappa shape index (κ1) is 12.4. The van der Waals surface area contributed by atoms with E-state index < -0.39 is 0 Å². The van der Waals surface area contributed by atoms with Gasteiger partial charge >= 0.3 is 0 Å². The second-order valence-electron chi connectivity index (χ2n) is 3.87. The number of aromatic nitrogens is 2. The van der Waals surface area contributed by atoms with E-state index in [1.807, 2.05) is 13.2 Å². The first-order valence-corrected chi connectivity index (χ1v) is 5.68. The number of ether oxygens (including phenoxy) is 1. The van der Waals surface area contributed by atoms with Gasteiger partial charge in [0.25, 0.3) is 0 Å². The Morgan fingerprint density at radius 1 is 1.56 bits per heavy atom. The molecule has 0 aliphatic rings. The summed E-state index contributed by atoms with van der Waals surface area (Å²) in [5, 5.41) is 11.8. The number of hydrogen-bond acceptors (Lipinski definition) is 3. The molecule has 94 valence electrons. The quantitative estimate of drug-likeness (QED) is 0.654. The minimum absolute atomic E-state index is 0.0567. The molecule has 0 spiro atoms. The Morgan fingerprint density at radius 2 is 2.33 bits per heavy atom. The number of hydrogen-bond donors (Lipinski definition) is 2. The average molecular weight is 265 g/mol. The van der Waals surface area contributed by atoms with Crippen molar-refractivity contribution in [1.29, 1.82) is 5.41 Å². The Labute approximate surface area is 110 Å². The van der Waals surface area contributed by atoms with E-state index in [0.717, 1.165) is 5.56 Å². The fourth-order valence-corrected chi connectivity index (χ4v) is 1.79. The average Bonchev–Trinajstić information content (AvgIpc) is 2.72. The second-order valence-corrected chi connectivity index (χ2v) is 4.27. The van der Waals surface area contributed by atoms with Crippen LogP contribution in [-0.2, 0) is 13.7 Å². The molecule has 6 heteroatoms. The normalized spacial score (nSPS) is 10.3. The highest BCUT2D eigenvalue weighted by Gasteiger charge is 2.05. The van der Waals surface area contributed by atoms with Crippen LogP contribution in [0.2, 0.25) is 5.02 Å². The first-order valence-electron chi connectivity index (χ1n) is 5.30. The van der Waals surface area contributed by atoms with Crippen molar-refractivity contribution in [2.24, 2.45) is 12.8 Å². The van der Waals surface area contributed by atoms with Gasteiger partial charge in [0.1, 0.15) is 18.2 Å². The number of amidine groups is 1. The van der Waals surface area contributed by atoms with E-state index in [1.54, 1.807) is 29.1 Å². The Morgan fingerprint density at radius 3 is 2.89 bits per heavy atom. The summed E-state index contributed by atoms with van der Waals surface area (Å²) in [5.41, 5.74) is 6.86. The van der Waals surface area contributed by atoms with Crippen LogP contribution in [0.25, 0.3) is 0 Å². The van der Waals surface area contributed by atoms with Crippen molar-refractivity contribution in [2.45, 2.75) is 6.61 Å². The second kappa shape index (κ2) is 5.10. The third-order valence-corrected chi connectivity index (χ3v) is 2.71. The van der Waals surface area contributed by atoms with Crippen molar-refractivity contribution >= 4 is 17.4 Å². The zero-order valence-electron chi connectivity index (χ0n) is 9.85. The van der Waals surface area contributed by atoms with Crippen LogP contribution < -0.4 is 10.5 Å². The third kappa shape index (κ3) is 2.81. The molecular weight excluding hydrogens is 252 g/mol. The largest absolute Gasteiger partial charge is 0.489 e. The monoisotopic (exact) mass is 264 g/mol. The zero-order valence-corrected chi connectivity index (χ0v) is 10.6. The van der Waals surface area contributed by atoms with Crippen LogP contribution in [0.4, 0.5) is 0 Å². The van der Waals surface area contributed by atoms with E-state index in [4.69, 9.17) is 27.5 Å². The molecule has 2 rings (SSSR count). The van der Waals surface area contributed by atoms with Crippen LogP contribution in [-0.4, -0.2) is 15.6 Å². The molecule has 0 unspecified atom stereocenters. The van der Waals surface area contributed by atoms with Gasteiger partial charge in [0.15, 0.2) is 0 Å². The van der Waals surface area contributed by atoms with Crippen LogP contribution in [0.1, 0.15) is 11.1 Å². The molecule has 0 bridgehead atoms. The van der Waals surface area contributed by atoms with Crippen molar-refractivity contribution in [3.05, 3.63) is 46.7 Å². The van der Waals surface area contributed by atoms with Gasteiger partial charge in [0, 0.05) is 24.4 Å². The van der Waals surface area contributed by atoms with E-state index in [9.17, 15) is 0 Å². The number of rotatable bonds is 4. The number of nitrogens with zero attached hydrogens (tertiary/aromatic N) is 2. The molecule has 0 aliphatic carbocycles. The molecule has 0 radical (unpaired) electrons. The van der Waals surface area contributed by atoms with E-state index in [0.29, 0.717) is 22.9 Å². The summed E-state index contributed by atoms with van der Waals surface area (Å²) in [6.07, 6.45) is 3.62. The molecule has 0 saturated carbocycles. The Hall–Kier alpha value is -2.01. The van der Waals surface area contributed by atoms with Gasteiger partial charge in [-0.05, 0) is 18.2 Å². The molecule has 18 heavy (non-hydrogen) atoms. The summed E-state index contributed by atoms with van der Waals surface area (Å²) in [6, 6.07) is 5.05. The predicted molar refractivity (Wildman–Crippen MR) is 70.0 cm³/mol. The predicted octanol–water partition coefficient (Wildman–Crippen LogP) is 1.94. The summed E-state index contributed by atoms with van der Waals surface area (Å²) in [4.78, 5) is 0. The van der Waals surface area contributed by atoms with Crippen LogP contribution in [0.15, 0.2) is 30.6 Å². The summed E-state index contributed by atoms with van der Waals surface area (Å²) in [6.45, 7) is 0.420. The van der Waals surface area contributed by atoms with Crippen molar-refractivity contribution in [1.82, 2.24) is 9.78 Å². The van der Waals surface area contributed by atoms with Crippen LogP contribution in [0.3, 0.4) is 0 Å². The molecule has 0 atom stereocenters. The lowest BCUT2D eigenvalue weighted by Crippen LogP contribution is -2.11. The molecule has 1 heterocycles. The highest BCUT2D eigenvalue weighted by molar-refractivity contribution is 6.34. The van der Waals surface area contributed by atoms with E-state index >= 15 is 0 Å². The zero-order chi connectivity index (χ0) is 13.1. The van der Waals surface area contributed by atoms with Gasteiger partial charge in [-0.25, -0.2) is 0 Å². The molecule has 0 amide bonds. The van der Waals surface area contributed by atoms with Gasteiger partial charge in [-0.1, -0.05) is 11.6 Å². The summed E-state index contributed by atoms with van der Waals surface area (Å²) in [5.74, 6) is 0.577.